The van der Waals surface area contributed by atoms with Gasteiger partial charge in [0.05, 0.1) is 6.54 Å². The largest absolute Gasteiger partial charge is 0.357 e. The molecule has 0 bridgehead atoms. The lowest BCUT2D eigenvalue weighted by atomic mass is 10.2. The van der Waals surface area contributed by atoms with Crippen molar-refractivity contribution in [2.45, 2.75) is 39.2 Å². The van der Waals surface area contributed by atoms with Crippen molar-refractivity contribution in [2.75, 3.05) is 38.0 Å². The van der Waals surface area contributed by atoms with E-state index < -0.39 is 0 Å². The van der Waals surface area contributed by atoms with Gasteiger partial charge >= 0.3 is 6.03 Å². The monoisotopic (exact) mass is 400 g/mol. The summed E-state index contributed by atoms with van der Waals surface area (Å²) in [7, 11) is 0. The highest BCUT2D eigenvalue weighted by Crippen LogP contribution is 2.28. The molecule has 3 rings (SSSR count). The van der Waals surface area contributed by atoms with E-state index in [0.717, 1.165) is 56.6 Å². The number of amides is 3. The first-order valence-electron chi connectivity index (χ1n) is 10.6. The first-order chi connectivity index (χ1) is 14.2. The lowest BCUT2D eigenvalue weighted by Gasteiger charge is -2.16. The SMILES string of the molecule is CCNC(=NCc1cccc(NC(=O)N2CCCC2)c1)NCCNC(=O)C1CC1. The van der Waals surface area contributed by atoms with Gasteiger partial charge in [0.2, 0.25) is 5.91 Å². The van der Waals surface area contributed by atoms with Crippen LogP contribution in [0.3, 0.4) is 0 Å². The molecule has 8 heteroatoms. The summed E-state index contributed by atoms with van der Waals surface area (Å²) in [5.41, 5.74) is 1.80. The number of carbonyl (C=O) groups excluding carboxylic acids is 2. The van der Waals surface area contributed by atoms with E-state index >= 15 is 0 Å². The first kappa shape index (κ1) is 21.0. The Kier molecular flexibility index (Phi) is 7.72. The molecule has 2 fully saturated rings. The van der Waals surface area contributed by atoms with Gasteiger partial charge in [-0.15, -0.1) is 0 Å². The number of guanidine groups is 1. The maximum Gasteiger partial charge on any atom is 0.321 e. The average molecular weight is 401 g/mol. The molecule has 1 aliphatic heterocycles. The quantitative estimate of drug-likeness (QED) is 0.304. The summed E-state index contributed by atoms with van der Waals surface area (Å²) in [6.07, 6.45) is 4.18. The van der Waals surface area contributed by atoms with Crippen molar-refractivity contribution in [1.29, 1.82) is 0 Å². The minimum absolute atomic E-state index is 0.0357. The van der Waals surface area contributed by atoms with Gasteiger partial charge in [-0.2, -0.15) is 0 Å². The molecule has 3 amide bonds. The van der Waals surface area contributed by atoms with Crippen LogP contribution in [0.15, 0.2) is 29.3 Å². The molecule has 29 heavy (non-hydrogen) atoms. The van der Waals surface area contributed by atoms with Gasteiger partial charge < -0.3 is 26.2 Å². The van der Waals surface area contributed by atoms with Gasteiger partial charge in [0.25, 0.3) is 0 Å². The molecule has 0 unspecified atom stereocenters. The van der Waals surface area contributed by atoms with Crippen molar-refractivity contribution in [3.05, 3.63) is 29.8 Å². The van der Waals surface area contributed by atoms with E-state index in [1.54, 1.807) is 0 Å². The second-order valence-electron chi connectivity index (χ2n) is 7.51. The number of nitrogens with zero attached hydrogens (tertiary/aromatic N) is 2. The fourth-order valence-electron chi connectivity index (χ4n) is 3.24. The Hall–Kier alpha value is -2.77. The van der Waals surface area contributed by atoms with Crippen molar-refractivity contribution in [2.24, 2.45) is 10.9 Å². The molecule has 0 spiro atoms. The van der Waals surface area contributed by atoms with Crippen molar-refractivity contribution in [1.82, 2.24) is 20.9 Å². The van der Waals surface area contributed by atoms with Crippen molar-refractivity contribution in [3.63, 3.8) is 0 Å². The van der Waals surface area contributed by atoms with Crippen LogP contribution in [-0.2, 0) is 11.3 Å². The summed E-state index contributed by atoms with van der Waals surface area (Å²) in [6, 6.07) is 7.74. The minimum atomic E-state index is -0.0357. The van der Waals surface area contributed by atoms with Gasteiger partial charge in [0.15, 0.2) is 5.96 Å². The van der Waals surface area contributed by atoms with Gasteiger partial charge in [-0.3, -0.25) is 4.79 Å². The van der Waals surface area contributed by atoms with Crippen LogP contribution in [0.4, 0.5) is 10.5 Å². The van der Waals surface area contributed by atoms with Gasteiger partial charge in [0, 0.05) is 44.3 Å². The van der Waals surface area contributed by atoms with Crippen LogP contribution in [0.2, 0.25) is 0 Å². The zero-order valence-corrected chi connectivity index (χ0v) is 17.2. The van der Waals surface area contributed by atoms with Crippen LogP contribution >= 0.6 is 0 Å². The van der Waals surface area contributed by atoms with Crippen LogP contribution in [0, 0.1) is 5.92 Å². The maximum absolute atomic E-state index is 12.3. The molecular formula is C21H32N6O2. The third-order valence-electron chi connectivity index (χ3n) is 5.00. The third kappa shape index (κ3) is 6.96. The fourth-order valence-corrected chi connectivity index (χ4v) is 3.24. The number of hydrogen-bond donors (Lipinski definition) is 4. The number of rotatable bonds is 8. The van der Waals surface area contributed by atoms with E-state index in [1.165, 1.54) is 0 Å². The molecule has 0 radical (unpaired) electrons. The molecule has 1 saturated carbocycles. The van der Waals surface area contributed by atoms with Crippen LogP contribution in [0.5, 0.6) is 0 Å². The van der Waals surface area contributed by atoms with Gasteiger partial charge in [0.1, 0.15) is 0 Å². The number of likely N-dealkylation sites (tertiary alicyclic amines) is 1. The number of aliphatic imine (C=N–C) groups is 1. The van der Waals surface area contributed by atoms with Gasteiger partial charge in [-0.1, -0.05) is 12.1 Å². The summed E-state index contributed by atoms with van der Waals surface area (Å²) in [5.74, 6) is 1.09. The Morgan fingerprint density at radius 2 is 1.86 bits per heavy atom. The third-order valence-corrected chi connectivity index (χ3v) is 5.00. The summed E-state index contributed by atoms with van der Waals surface area (Å²) in [4.78, 5) is 30.4. The summed E-state index contributed by atoms with van der Waals surface area (Å²) in [5, 5.41) is 12.4. The van der Waals surface area contributed by atoms with Crippen molar-refractivity contribution in [3.8, 4) is 0 Å². The van der Waals surface area contributed by atoms with Crippen LogP contribution in [-0.4, -0.2) is 55.5 Å². The number of benzene rings is 1. The highest BCUT2D eigenvalue weighted by Gasteiger charge is 2.28. The first-order valence-corrected chi connectivity index (χ1v) is 10.6. The van der Waals surface area contributed by atoms with Gasteiger partial charge in [-0.05, 0) is 50.3 Å². The highest BCUT2D eigenvalue weighted by atomic mass is 16.2. The maximum atomic E-state index is 12.3. The number of carbonyl (C=O) groups is 2. The summed E-state index contributed by atoms with van der Waals surface area (Å²) in [6.45, 7) is 6.13. The second kappa shape index (κ2) is 10.7. The van der Waals surface area contributed by atoms with E-state index in [-0.39, 0.29) is 17.9 Å². The molecule has 4 N–H and O–H groups in total. The molecule has 1 aliphatic carbocycles. The Morgan fingerprint density at radius 3 is 2.59 bits per heavy atom. The zero-order valence-electron chi connectivity index (χ0n) is 17.2. The van der Waals surface area contributed by atoms with Crippen LogP contribution < -0.4 is 21.3 Å². The molecule has 158 valence electrons. The molecule has 0 aromatic heterocycles. The predicted octanol–water partition coefficient (Wildman–Crippen LogP) is 1.90. The molecule has 2 aliphatic rings. The number of anilines is 1. The number of urea groups is 1. The molecule has 0 atom stereocenters. The minimum Gasteiger partial charge on any atom is -0.357 e. The molecule has 1 aromatic rings. The van der Waals surface area contributed by atoms with E-state index in [4.69, 9.17) is 0 Å². The van der Waals surface area contributed by atoms with E-state index in [2.05, 4.69) is 26.3 Å². The average Bonchev–Trinajstić information content (AvgIpc) is 3.43. The molecule has 1 saturated heterocycles. The summed E-state index contributed by atoms with van der Waals surface area (Å²) >= 11 is 0. The summed E-state index contributed by atoms with van der Waals surface area (Å²) < 4.78 is 0. The predicted molar refractivity (Wildman–Crippen MR) is 115 cm³/mol. The lowest BCUT2D eigenvalue weighted by Crippen LogP contribution is -2.41. The number of nitrogens with one attached hydrogen (secondary N) is 4. The number of hydrogen-bond acceptors (Lipinski definition) is 3. The topological polar surface area (TPSA) is 97.9 Å². The van der Waals surface area contributed by atoms with E-state index in [0.29, 0.717) is 25.6 Å². The Labute approximate surface area is 172 Å². The fraction of sp³-hybridized carbons (Fsp3) is 0.571. The van der Waals surface area contributed by atoms with Crippen LogP contribution in [0.1, 0.15) is 38.2 Å². The van der Waals surface area contributed by atoms with E-state index in [1.807, 2.05) is 36.1 Å². The van der Waals surface area contributed by atoms with Crippen molar-refractivity contribution >= 4 is 23.6 Å². The Balaban J connectivity index is 1.47. The smallest absolute Gasteiger partial charge is 0.321 e. The molecule has 1 aromatic carbocycles. The lowest BCUT2D eigenvalue weighted by molar-refractivity contribution is -0.122. The molecular weight excluding hydrogens is 368 g/mol. The Bertz CT molecular complexity index is 726. The van der Waals surface area contributed by atoms with Crippen molar-refractivity contribution < 1.29 is 9.59 Å². The van der Waals surface area contributed by atoms with E-state index in [9.17, 15) is 9.59 Å². The zero-order chi connectivity index (χ0) is 20.5. The Morgan fingerprint density at radius 1 is 1.10 bits per heavy atom. The second-order valence-corrected chi connectivity index (χ2v) is 7.51. The standard InChI is InChI=1S/C21H32N6O2/c1-2-22-20(24-11-10-23-19(28)17-8-9-17)25-15-16-6-5-7-18(14-16)26-21(29)27-12-3-4-13-27/h5-7,14,17H,2-4,8-13,15H2,1H3,(H,23,28)(H,26,29)(H2,22,24,25). The normalized spacial score (nSPS) is 16.4. The van der Waals surface area contributed by atoms with Gasteiger partial charge in [-0.25, -0.2) is 9.79 Å². The van der Waals surface area contributed by atoms with Crippen LogP contribution in [0.25, 0.3) is 0 Å². The highest BCUT2D eigenvalue weighted by molar-refractivity contribution is 5.89. The molecule has 1 heterocycles. The molecule has 8 nitrogen and oxygen atoms in total.